The van der Waals surface area contributed by atoms with Crippen molar-refractivity contribution >= 4 is 45.7 Å². The van der Waals surface area contributed by atoms with Crippen LogP contribution in [0.4, 0.5) is 4.79 Å². The Hall–Kier alpha value is -3.38. The molecular formula is C22H15NO4S. The summed E-state index contributed by atoms with van der Waals surface area (Å²) < 4.78 is 0. The zero-order valence-corrected chi connectivity index (χ0v) is 15.5. The van der Waals surface area contributed by atoms with Crippen LogP contribution in [0, 0.1) is 0 Å². The van der Waals surface area contributed by atoms with Crippen molar-refractivity contribution in [3.8, 4) is 0 Å². The van der Waals surface area contributed by atoms with Crippen LogP contribution in [0.15, 0.2) is 71.6 Å². The molecule has 28 heavy (non-hydrogen) atoms. The molecule has 1 N–H and O–H groups in total. The van der Waals surface area contributed by atoms with E-state index < -0.39 is 5.97 Å². The van der Waals surface area contributed by atoms with E-state index in [9.17, 15) is 14.4 Å². The second-order valence-electron chi connectivity index (χ2n) is 6.33. The van der Waals surface area contributed by atoms with Crippen LogP contribution in [0.5, 0.6) is 0 Å². The summed E-state index contributed by atoms with van der Waals surface area (Å²) in [4.78, 5) is 37.7. The number of carboxylic acids is 1. The summed E-state index contributed by atoms with van der Waals surface area (Å²) in [6.07, 6.45) is 1.61. The predicted molar refractivity (Wildman–Crippen MR) is 109 cm³/mol. The number of hydrogen-bond acceptors (Lipinski definition) is 4. The number of imide groups is 1. The van der Waals surface area contributed by atoms with Gasteiger partial charge in [-0.05, 0) is 51.9 Å². The molecule has 3 aromatic rings. The number of fused-ring (bicyclic) bond motifs is 1. The molecule has 5 nitrogen and oxygen atoms in total. The van der Waals surface area contributed by atoms with Crippen molar-refractivity contribution in [2.45, 2.75) is 6.54 Å². The number of aromatic carboxylic acids is 1. The van der Waals surface area contributed by atoms with Crippen LogP contribution >= 0.6 is 11.8 Å². The minimum atomic E-state index is -1.01. The normalized spacial score (nSPS) is 15.6. The van der Waals surface area contributed by atoms with E-state index in [0.29, 0.717) is 10.5 Å². The Morgan fingerprint density at radius 1 is 0.964 bits per heavy atom. The number of rotatable bonds is 4. The number of carbonyl (C=O) groups excluding carboxylic acids is 2. The molecular weight excluding hydrogens is 374 g/mol. The first kappa shape index (κ1) is 18.0. The van der Waals surface area contributed by atoms with Gasteiger partial charge in [0, 0.05) is 0 Å². The van der Waals surface area contributed by atoms with Crippen LogP contribution in [-0.4, -0.2) is 27.1 Å². The van der Waals surface area contributed by atoms with Gasteiger partial charge in [0.05, 0.1) is 17.0 Å². The van der Waals surface area contributed by atoms with Crippen molar-refractivity contribution < 1.29 is 19.5 Å². The second kappa shape index (κ2) is 7.32. The van der Waals surface area contributed by atoms with Crippen molar-refractivity contribution in [2.24, 2.45) is 0 Å². The minimum absolute atomic E-state index is 0.168. The van der Waals surface area contributed by atoms with Gasteiger partial charge in [-0.1, -0.05) is 54.6 Å². The van der Waals surface area contributed by atoms with Gasteiger partial charge in [-0.3, -0.25) is 14.5 Å². The maximum atomic E-state index is 12.8. The molecule has 0 radical (unpaired) electrons. The monoisotopic (exact) mass is 389 g/mol. The summed E-state index contributed by atoms with van der Waals surface area (Å²) in [5.74, 6) is -1.35. The van der Waals surface area contributed by atoms with E-state index in [1.54, 1.807) is 18.2 Å². The van der Waals surface area contributed by atoms with Crippen molar-refractivity contribution in [3.05, 3.63) is 88.3 Å². The SMILES string of the molecule is O=C(O)c1ccc(/C=C2/SC(=O)N(Cc3cccc4ccccc34)C2=O)cc1. The summed E-state index contributed by atoms with van der Waals surface area (Å²) in [6.45, 7) is 0.210. The van der Waals surface area contributed by atoms with Crippen LogP contribution in [-0.2, 0) is 11.3 Å². The quantitative estimate of drug-likeness (QED) is 0.650. The fraction of sp³-hybridized carbons (Fsp3) is 0.0455. The van der Waals surface area contributed by atoms with Gasteiger partial charge in [0.15, 0.2) is 0 Å². The largest absolute Gasteiger partial charge is 0.478 e. The van der Waals surface area contributed by atoms with E-state index in [1.165, 1.54) is 17.0 Å². The summed E-state index contributed by atoms with van der Waals surface area (Å²) in [5.41, 5.74) is 1.74. The van der Waals surface area contributed by atoms with Gasteiger partial charge in [-0.15, -0.1) is 0 Å². The van der Waals surface area contributed by atoms with Crippen LogP contribution in [0.1, 0.15) is 21.5 Å². The van der Waals surface area contributed by atoms with Crippen molar-refractivity contribution in [1.82, 2.24) is 4.90 Å². The summed E-state index contributed by atoms with van der Waals surface area (Å²) in [6, 6.07) is 19.8. The third-order valence-corrected chi connectivity index (χ3v) is 5.44. The molecule has 1 aliphatic heterocycles. The number of benzene rings is 3. The average Bonchev–Trinajstić information content (AvgIpc) is 2.96. The molecule has 2 amide bonds. The number of thioether (sulfide) groups is 1. The fourth-order valence-electron chi connectivity index (χ4n) is 3.11. The molecule has 0 bridgehead atoms. The highest BCUT2D eigenvalue weighted by Crippen LogP contribution is 2.34. The Bertz CT molecular complexity index is 1130. The fourth-order valence-corrected chi connectivity index (χ4v) is 3.95. The Morgan fingerprint density at radius 3 is 2.43 bits per heavy atom. The van der Waals surface area contributed by atoms with E-state index in [2.05, 4.69) is 0 Å². The van der Waals surface area contributed by atoms with Crippen molar-refractivity contribution in [3.63, 3.8) is 0 Å². The van der Waals surface area contributed by atoms with E-state index in [1.807, 2.05) is 42.5 Å². The lowest BCUT2D eigenvalue weighted by Gasteiger charge is -2.14. The van der Waals surface area contributed by atoms with Gasteiger partial charge in [0.2, 0.25) is 0 Å². The smallest absolute Gasteiger partial charge is 0.335 e. The lowest BCUT2D eigenvalue weighted by Crippen LogP contribution is -2.27. The molecule has 0 aliphatic carbocycles. The average molecular weight is 389 g/mol. The first-order chi connectivity index (χ1) is 13.5. The summed E-state index contributed by atoms with van der Waals surface area (Å²) >= 11 is 0.894. The van der Waals surface area contributed by atoms with Gasteiger partial charge in [-0.2, -0.15) is 0 Å². The van der Waals surface area contributed by atoms with Crippen molar-refractivity contribution in [1.29, 1.82) is 0 Å². The van der Waals surface area contributed by atoms with Crippen LogP contribution in [0.3, 0.4) is 0 Å². The number of hydrogen-bond donors (Lipinski definition) is 1. The van der Waals surface area contributed by atoms with Crippen molar-refractivity contribution in [2.75, 3.05) is 0 Å². The molecule has 1 heterocycles. The molecule has 6 heteroatoms. The van der Waals surface area contributed by atoms with Gasteiger partial charge >= 0.3 is 5.97 Å². The van der Waals surface area contributed by atoms with Crippen LogP contribution < -0.4 is 0 Å². The molecule has 3 aromatic carbocycles. The van der Waals surface area contributed by atoms with Gasteiger partial charge < -0.3 is 5.11 Å². The Kier molecular flexibility index (Phi) is 4.71. The summed E-state index contributed by atoms with van der Waals surface area (Å²) in [5, 5.41) is 10.7. The first-order valence-corrected chi connectivity index (χ1v) is 9.40. The molecule has 1 aliphatic rings. The number of carboxylic acid groups (broad SMARTS) is 1. The topological polar surface area (TPSA) is 74.7 Å². The molecule has 0 spiro atoms. The van der Waals surface area contributed by atoms with Gasteiger partial charge in [0.1, 0.15) is 0 Å². The number of amides is 2. The van der Waals surface area contributed by atoms with E-state index in [-0.39, 0.29) is 23.3 Å². The first-order valence-electron chi connectivity index (χ1n) is 8.58. The van der Waals surface area contributed by atoms with Gasteiger partial charge in [0.25, 0.3) is 11.1 Å². The van der Waals surface area contributed by atoms with Crippen LogP contribution in [0.25, 0.3) is 16.8 Å². The minimum Gasteiger partial charge on any atom is -0.478 e. The van der Waals surface area contributed by atoms with E-state index >= 15 is 0 Å². The molecule has 0 saturated carbocycles. The Morgan fingerprint density at radius 2 is 1.68 bits per heavy atom. The zero-order valence-electron chi connectivity index (χ0n) is 14.7. The standard InChI is InChI=1S/C22H15NO4S/c24-20-19(12-14-8-10-16(11-9-14)21(25)26)28-22(27)23(20)13-17-6-3-5-15-4-1-2-7-18(15)17/h1-12H,13H2,(H,25,26)/b19-12+. The molecule has 0 atom stereocenters. The molecule has 0 aromatic heterocycles. The highest BCUT2D eigenvalue weighted by Gasteiger charge is 2.35. The third-order valence-electron chi connectivity index (χ3n) is 4.54. The maximum Gasteiger partial charge on any atom is 0.335 e. The highest BCUT2D eigenvalue weighted by molar-refractivity contribution is 8.18. The molecule has 1 saturated heterocycles. The van der Waals surface area contributed by atoms with E-state index in [0.717, 1.165) is 28.1 Å². The summed E-state index contributed by atoms with van der Waals surface area (Å²) in [7, 11) is 0. The molecule has 138 valence electrons. The molecule has 4 rings (SSSR count). The van der Waals surface area contributed by atoms with E-state index in [4.69, 9.17) is 5.11 Å². The molecule has 0 unspecified atom stereocenters. The lowest BCUT2D eigenvalue weighted by atomic mass is 10.0. The maximum absolute atomic E-state index is 12.8. The Balaban J connectivity index is 1.59. The second-order valence-corrected chi connectivity index (χ2v) is 7.33. The number of nitrogens with zero attached hydrogens (tertiary/aromatic N) is 1. The Labute approximate surface area is 165 Å². The lowest BCUT2D eigenvalue weighted by molar-refractivity contribution is -0.123. The van der Waals surface area contributed by atoms with Gasteiger partial charge in [-0.25, -0.2) is 4.79 Å². The third kappa shape index (κ3) is 3.42. The predicted octanol–water partition coefficient (Wildman–Crippen LogP) is 4.77. The zero-order chi connectivity index (χ0) is 19.7. The van der Waals surface area contributed by atoms with Crippen LogP contribution in [0.2, 0.25) is 0 Å². The molecule has 1 fully saturated rings. The number of carbonyl (C=O) groups is 3. The highest BCUT2D eigenvalue weighted by atomic mass is 32.2.